The minimum Gasteiger partial charge on any atom is -0.380 e. The molecule has 3 nitrogen and oxygen atoms in total. The Hall–Kier alpha value is -0.990. The summed E-state index contributed by atoms with van der Waals surface area (Å²) in [6.07, 6.45) is 5.13. The predicted molar refractivity (Wildman–Crippen MR) is 60.4 cm³/mol. The van der Waals surface area contributed by atoms with Crippen LogP contribution in [-0.4, -0.2) is 15.8 Å². The number of nitrogens with one attached hydrogen (secondary N) is 1. The average Bonchev–Trinajstić information content (AvgIpc) is 2.50. The van der Waals surface area contributed by atoms with E-state index >= 15 is 0 Å². The number of rotatable bonds is 5. The zero-order chi connectivity index (χ0) is 10.6. The molecule has 0 fully saturated rings. The van der Waals surface area contributed by atoms with Gasteiger partial charge >= 0.3 is 0 Å². The summed E-state index contributed by atoms with van der Waals surface area (Å²) in [5, 5.41) is 7.67. The maximum atomic E-state index is 4.22. The van der Waals surface area contributed by atoms with Gasteiger partial charge in [-0.15, -0.1) is 0 Å². The van der Waals surface area contributed by atoms with Crippen LogP contribution in [0.2, 0.25) is 0 Å². The molecular weight excluding hydrogens is 174 g/mol. The molecule has 1 N–H and O–H groups in total. The number of hydrogen-bond acceptors (Lipinski definition) is 2. The van der Waals surface area contributed by atoms with E-state index in [-0.39, 0.29) is 0 Å². The zero-order valence-corrected chi connectivity index (χ0v) is 9.62. The smallest absolute Gasteiger partial charge is 0.0728 e. The SMILES string of the molecule is CCn1cc(N[C@H](C)CC(C)C)cn1. The van der Waals surface area contributed by atoms with E-state index in [1.807, 2.05) is 10.9 Å². The summed E-state index contributed by atoms with van der Waals surface area (Å²) in [4.78, 5) is 0. The molecule has 0 saturated carbocycles. The third-order valence-electron chi connectivity index (χ3n) is 2.20. The molecule has 80 valence electrons. The standard InChI is InChI=1S/C11H21N3/c1-5-14-8-11(7-12-14)13-10(4)6-9(2)3/h7-10,13H,5-6H2,1-4H3/t10-/m1/s1. The molecule has 0 spiro atoms. The Morgan fingerprint density at radius 2 is 2.14 bits per heavy atom. The molecule has 0 saturated heterocycles. The van der Waals surface area contributed by atoms with Gasteiger partial charge in [0.2, 0.25) is 0 Å². The van der Waals surface area contributed by atoms with Crippen LogP contribution in [0.4, 0.5) is 5.69 Å². The lowest BCUT2D eigenvalue weighted by atomic mass is 10.1. The van der Waals surface area contributed by atoms with E-state index in [2.05, 4.69) is 44.3 Å². The summed E-state index contributed by atoms with van der Waals surface area (Å²) in [7, 11) is 0. The van der Waals surface area contributed by atoms with Crippen LogP contribution >= 0.6 is 0 Å². The lowest BCUT2D eigenvalue weighted by molar-refractivity contribution is 0.539. The van der Waals surface area contributed by atoms with Crippen molar-refractivity contribution in [2.75, 3.05) is 5.32 Å². The summed E-state index contributed by atoms with van der Waals surface area (Å²) >= 11 is 0. The lowest BCUT2D eigenvalue weighted by Gasteiger charge is -2.15. The molecule has 1 aromatic heterocycles. The molecule has 0 aliphatic carbocycles. The Labute approximate surface area is 86.5 Å². The van der Waals surface area contributed by atoms with Crippen molar-refractivity contribution in [1.82, 2.24) is 9.78 Å². The van der Waals surface area contributed by atoms with Crippen molar-refractivity contribution in [3.63, 3.8) is 0 Å². The van der Waals surface area contributed by atoms with Crippen LogP contribution in [0.25, 0.3) is 0 Å². The second-order valence-corrected chi connectivity index (χ2v) is 4.26. The Morgan fingerprint density at radius 1 is 1.43 bits per heavy atom. The Balaban J connectivity index is 2.43. The summed E-state index contributed by atoms with van der Waals surface area (Å²) in [5.41, 5.74) is 1.13. The van der Waals surface area contributed by atoms with Gasteiger partial charge in [0, 0.05) is 18.8 Å². The first kappa shape index (κ1) is 11.1. The monoisotopic (exact) mass is 195 g/mol. The lowest BCUT2D eigenvalue weighted by Crippen LogP contribution is -2.16. The molecule has 1 atom stereocenters. The van der Waals surface area contributed by atoms with E-state index in [1.54, 1.807) is 0 Å². The molecule has 0 radical (unpaired) electrons. The summed E-state index contributed by atoms with van der Waals surface area (Å²) in [5.74, 6) is 0.735. The van der Waals surface area contributed by atoms with Gasteiger partial charge in [-0.3, -0.25) is 4.68 Å². The highest BCUT2D eigenvalue weighted by molar-refractivity contribution is 5.38. The summed E-state index contributed by atoms with van der Waals surface area (Å²) in [6, 6.07) is 0.518. The molecule has 0 unspecified atom stereocenters. The van der Waals surface area contributed by atoms with Crippen LogP contribution in [0.1, 0.15) is 34.1 Å². The maximum absolute atomic E-state index is 4.22. The van der Waals surface area contributed by atoms with E-state index in [4.69, 9.17) is 0 Å². The number of nitrogens with zero attached hydrogens (tertiary/aromatic N) is 2. The topological polar surface area (TPSA) is 29.9 Å². The molecular formula is C11H21N3. The van der Waals surface area contributed by atoms with Crippen molar-refractivity contribution in [2.45, 2.75) is 46.7 Å². The van der Waals surface area contributed by atoms with E-state index in [0.29, 0.717) is 6.04 Å². The van der Waals surface area contributed by atoms with Gasteiger partial charge in [0.15, 0.2) is 0 Å². The van der Waals surface area contributed by atoms with Crippen molar-refractivity contribution < 1.29 is 0 Å². The van der Waals surface area contributed by atoms with Gasteiger partial charge in [-0.25, -0.2) is 0 Å². The Kier molecular flexibility index (Phi) is 3.98. The van der Waals surface area contributed by atoms with Gasteiger partial charge in [-0.05, 0) is 26.2 Å². The van der Waals surface area contributed by atoms with Gasteiger partial charge in [-0.1, -0.05) is 13.8 Å². The third-order valence-corrected chi connectivity index (χ3v) is 2.20. The van der Waals surface area contributed by atoms with Gasteiger partial charge < -0.3 is 5.32 Å². The first-order chi connectivity index (χ1) is 6.61. The fourth-order valence-corrected chi connectivity index (χ4v) is 1.66. The third kappa shape index (κ3) is 3.40. The number of aromatic nitrogens is 2. The van der Waals surface area contributed by atoms with Crippen molar-refractivity contribution in [1.29, 1.82) is 0 Å². The minimum absolute atomic E-state index is 0.518. The first-order valence-electron chi connectivity index (χ1n) is 5.40. The zero-order valence-electron chi connectivity index (χ0n) is 9.62. The molecule has 1 aromatic rings. The van der Waals surface area contributed by atoms with Gasteiger partial charge in [0.1, 0.15) is 0 Å². The molecule has 0 aliphatic heterocycles. The molecule has 0 aliphatic rings. The number of anilines is 1. The maximum Gasteiger partial charge on any atom is 0.0728 e. The molecule has 0 aromatic carbocycles. The van der Waals surface area contributed by atoms with E-state index < -0.39 is 0 Å². The second kappa shape index (κ2) is 5.03. The summed E-state index contributed by atoms with van der Waals surface area (Å²) < 4.78 is 1.93. The molecule has 1 rings (SSSR count). The highest BCUT2D eigenvalue weighted by Crippen LogP contribution is 2.11. The van der Waals surface area contributed by atoms with Gasteiger partial charge in [0.25, 0.3) is 0 Å². The molecule has 1 heterocycles. The van der Waals surface area contributed by atoms with Crippen LogP contribution < -0.4 is 5.32 Å². The van der Waals surface area contributed by atoms with Crippen molar-refractivity contribution in [3.8, 4) is 0 Å². The summed E-state index contributed by atoms with van der Waals surface area (Å²) in [6.45, 7) is 9.72. The van der Waals surface area contributed by atoms with Crippen LogP contribution in [0, 0.1) is 5.92 Å². The van der Waals surface area contributed by atoms with Crippen molar-refractivity contribution in [3.05, 3.63) is 12.4 Å². The molecule has 3 heteroatoms. The average molecular weight is 195 g/mol. The van der Waals surface area contributed by atoms with Crippen LogP contribution in [-0.2, 0) is 6.54 Å². The predicted octanol–water partition coefficient (Wildman–Crippen LogP) is 2.75. The van der Waals surface area contributed by atoms with Crippen molar-refractivity contribution in [2.24, 2.45) is 5.92 Å². The van der Waals surface area contributed by atoms with Crippen LogP contribution in [0.3, 0.4) is 0 Å². The fraction of sp³-hybridized carbons (Fsp3) is 0.727. The highest BCUT2D eigenvalue weighted by atomic mass is 15.3. The minimum atomic E-state index is 0.518. The number of hydrogen-bond donors (Lipinski definition) is 1. The van der Waals surface area contributed by atoms with E-state index in [1.165, 1.54) is 6.42 Å². The van der Waals surface area contributed by atoms with E-state index in [0.717, 1.165) is 18.2 Å². The Bertz CT molecular complexity index is 265. The highest BCUT2D eigenvalue weighted by Gasteiger charge is 2.05. The molecule has 0 bridgehead atoms. The van der Waals surface area contributed by atoms with Crippen LogP contribution in [0.15, 0.2) is 12.4 Å². The second-order valence-electron chi connectivity index (χ2n) is 4.26. The largest absolute Gasteiger partial charge is 0.380 e. The van der Waals surface area contributed by atoms with Gasteiger partial charge in [-0.2, -0.15) is 5.10 Å². The quantitative estimate of drug-likeness (QED) is 0.783. The molecule has 14 heavy (non-hydrogen) atoms. The normalized spacial score (nSPS) is 13.2. The number of aryl methyl sites for hydroxylation is 1. The van der Waals surface area contributed by atoms with E-state index in [9.17, 15) is 0 Å². The fourth-order valence-electron chi connectivity index (χ4n) is 1.66. The van der Waals surface area contributed by atoms with Crippen molar-refractivity contribution >= 4 is 5.69 Å². The Morgan fingerprint density at radius 3 is 2.64 bits per heavy atom. The van der Waals surface area contributed by atoms with Gasteiger partial charge in [0.05, 0.1) is 11.9 Å². The molecule has 0 amide bonds. The first-order valence-corrected chi connectivity index (χ1v) is 5.40. The van der Waals surface area contributed by atoms with Crippen LogP contribution in [0.5, 0.6) is 0 Å².